The highest BCUT2D eigenvalue weighted by molar-refractivity contribution is 7.86. The van der Waals surface area contributed by atoms with Crippen molar-refractivity contribution in [2.75, 3.05) is 26.6 Å². The second kappa shape index (κ2) is 9.42. The van der Waals surface area contributed by atoms with Crippen molar-refractivity contribution in [3.63, 3.8) is 0 Å². The summed E-state index contributed by atoms with van der Waals surface area (Å²) in [5, 5.41) is 0.0926. The summed E-state index contributed by atoms with van der Waals surface area (Å²) in [7, 11) is -5.76. The second-order valence-corrected chi connectivity index (χ2v) is 15.9. The van der Waals surface area contributed by atoms with Crippen molar-refractivity contribution in [1.82, 2.24) is 0 Å². The number of benzene rings is 1. The standard InChI is InChI=1S/C22H34O7SSi/c1-16-7-9-18(10-8-16)30(23,24)28-12-11-25-14-17-13-19(21-20(17)26-15-27-21)29-31(5,6)22(2,3)4/h7-10,13,19-21H,11-12,14-15H2,1-6H3/t19-,20+,21-/m0/s1. The molecule has 31 heavy (non-hydrogen) atoms. The van der Waals surface area contributed by atoms with Crippen LogP contribution < -0.4 is 0 Å². The summed E-state index contributed by atoms with van der Waals surface area (Å²) >= 11 is 0. The maximum absolute atomic E-state index is 12.2. The van der Waals surface area contributed by atoms with Gasteiger partial charge in [-0.25, -0.2) is 0 Å². The van der Waals surface area contributed by atoms with Crippen LogP contribution in [0.1, 0.15) is 26.3 Å². The van der Waals surface area contributed by atoms with Crippen LogP contribution in [-0.2, 0) is 32.9 Å². The van der Waals surface area contributed by atoms with E-state index in [0.717, 1.165) is 11.1 Å². The molecule has 0 aromatic heterocycles. The quantitative estimate of drug-likeness (QED) is 0.235. The van der Waals surface area contributed by atoms with Gasteiger partial charge in [-0.15, -0.1) is 0 Å². The average Bonchev–Trinajstić information content (AvgIpc) is 3.25. The zero-order chi connectivity index (χ0) is 22.9. The summed E-state index contributed by atoms with van der Waals surface area (Å²) in [5.41, 5.74) is 1.95. The Hall–Kier alpha value is -1.07. The summed E-state index contributed by atoms with van der Waals surface area (Å²) < 4.78 is 53.3. The van der Waals surface area contributed by atoms with Gasteiger partial charge in [0.05, 0.1) is 30.8 Å². The number of hydrogen-bond donors (Lipinski definition) is 0. The smallest absolute Gasteiger partial charge is 0.297 e. The van der Waals surface area contributed by atoms with Gasteiger partial charge in [-0.2, -0.15) is 8.42 Å². The first-order valence-corrected chi connectivity index (χ1v) is 14.9. The largest absolute Gasteiger partial charge is 0.408 e. The molecule has 174 valence electrons. The van der Waals surface area contributed by atoms with Crippen LogP contribution >= 0.6 is 0 Å². The van der Waals surface area contributed by atoms with Crippen LogP contribution in [0.15, 0.2) is 40.8 Å². The minimum atomic E-state index is -3.79. The molecule has 2 aliphatic rings. The highest BCUT2D eigenvalue weighted by Gasteiger charge is 2.48. The molecule has 1 aromatic carbocycles. The van der Waals surface area contributed by atoms with E-state index in [9.17, 15) is 8.42 Å². The number of fused-ring (bicyclic) bond motifs is 1. The first-order chi connectivity index (χ1) is 14.4. The summed E-state index contributed by atoms with van der Waals surface area (Å²) in [4.78, 5) is 0.140. The lowest BCUT2D eigenvalue weighted by atomic mass is 10.1. The predicted molar refractivity (Wildman–Crippen MR) is 120 cm³/mol. The lowest BCUT2D eigenvalue weighted by Crippen LogP contribution is -2.46. The molecule has 0 amide bonds. The summed E-state index contributed by atoms with van der Waals surface area (Å²) in [6, 6.07) is 6.55. The Morgan fingerprint density at radius 1 is 1.10 bits per heavy atom. The van der Waals surface area contributed by atoms with Gasteiger partial charge < -0.3 is 18.6 Å². The van der Waals surface area contributed by atoms with Crippen LogP contribution in [-0.4, -0.2) is 61.7 Å². The van der Waals surface area contributed by atoms with Gasteiger partial charge in [-0.3, -0.25) is 4.18 Å². The minimum Gasteiger partial charge on any atom is -0.408 e. The fraction of sp³-hybridized carbons (Fsp3) is 0.636. The van der Waals surface area contributed by atoms with E-state index in [-0.39, 0.29) is 48.3 Å². The van der Waals surface area contributed by atoms with Crippen molar-refractivity contribution in [1.29, 1.82) is 0 Å². The molecule has 0 saturated carbocycles. The van der Waals surface area contributed by atoms with E-state index in [1.807, 2.05) is 13.0 Å². The molecule has 9 heteroatoms. The van der Waals surface area contributed by atoms with Crippen LogP contribution in [0.25, 0.3) is 0 Å². The molecular weight excluding hydrogens is 436 g/mol. The second-order valence-electron chi connectivity index (χ2n) is 9.56. The molecule has 1 aliphatic carbocycles. The number of rotatable bonds is 9. The highest BCUT2D eigenvalue weighted by atomic mass is 32.2. The third kappa shape index (κ3) is 5.84. The Labute approximate surface area is 186 Å². The molecule has 0 spiro atoms. The molecule has 0 radical (unpaired) electrons. The van der Waals surface area contributed by atoms with Gasteiger partial charge >= 0.3 is 0 Å². The first kappa shape index (κ1) is 24.6. The maximum Gasteiger partial charge on any atom is 0.297 e. The van der Waals surface area contributed by atoms with Gasteiger partial charge in [0.15, 0.2) is 8.32 Å². The monoisotopic (exact) mass is 470 g/mol. The van der Waals surface area contributed by atoms with E-state index in [1.54, 1.807) is 12.1 Å². The van der Waals surface area contributed by atoms with Crippen LogP contribution in [0.4, 0.5) is 0 Å². The molecule has 0 unspecified atom stereocenters. The summed E-state index contributed by atoms with van der Waals surface area (Å²) in [5.74, 6) is 0. The molecule has 7 nitrogen and oxygen atoms in total. The molecule has 0 N–H and O–H groups in total. The molecule has 0 bridgehead atoms. The third-order valence-corrected chi connectivity index (χ3v) is 12.0. The highest BCUT2D eigenvalue weighted by Crippen LogP contribution is 2.41. The molecular formula is C22H34O7SSi. The van der Waals surface area contributed by atoms with Crippen LogP contribution in [0.3, 0.4) is 0 Å². The molecule has 1 heterocycles. The van der Waals surface area contributed by atoms with Crippen LogP contribution in [0, 0.1) is 6.92 Å². The van der Waals surface area contributed by atoms with Gasteiger partial charge in [-0.1, -0.05) is 44.5 Å². The third-order valence-electron chi connectivity index (χ3n) is 6.16. The molecule has 1 aromatic rings. The Morgan fingerprint density at radius 3 is 2.42 bits per heavy atom. The number of ether oxygens (including phenoxy) is 3. The minimum absolute atomic E-state index is 0.0567. The lowest BCUT2D eigenvalue weighted by molar-refractivity contribution is 0.0101. The maximum atomic E-state index is 12.2. The summed E-state index contributed by atoms with van der Waals surface area (Å²) in [6.45, 7) is 13.6. The topological polar surface area (TPSA) is 80.3 Å². The van der Waals surface area contributed by atoms with Crippen LogP contribution in [0.2, 0.25) is 18.1 Å². The van der Waals surface area contributed by atoms with E-state index in [1.165, 1.54) is 12.1 Å². The van der Waals surface area contributed by atoms with Crippen molar-refractivity contribution in [3.8, 4) is 0 Å². The molecule has 1 saturated heterocycles. The molecule has 1 aliphatic heterocycles. The Balaban J connectivity index is 1.51. The zero-order valence-corrected chi connectivity index (χ0v) is 21.0. The van der Waals surface area contributed by atoms with E-state index in [0.29, 0.717) is 6.61 Å². The van der Waals surface area contributed by atoms with Gasteiger partial charge in [0.1, 0.15) is 19.0 Å². The van der Waals surface area contributed by atoms with Crippen molar-refractivity contribution in [2.45, 2.75) is 69.0 Å². The lowest BCUT2D eigenvalue weighted by Gasteiger charge is -2.39. The summed E-state index contributed by atoms with van der Waals surface area (Å²) in [6.07, 6.45) is 1.53. The molecule has 3 rings (SSSR count). The van der Waals surface area contributed by atoms with E-state index < -0.39 is 18.4 Å². The Kier molecular flexibility index (Phi) is 7.47. The van der Waals surface area contributed by atoms with Crippen LogP contribution in [0.5, 0.6) is 0 Å². The van der Waals surface area contributed by atoms with Gasteiger partial charge in [0, 0.05) is 0 Å². The normalized spacial score (nSPS) is 24.3. The number of hydrogen-bond acceptors (Lipinski definition) is 7. The van der Waals surface area contributed by atoms with E-state index in [2.05, 4.69) is 33.9 Å². The van der Waals surface area contributed by atoms with E-state index >= 15 is 0 Å². The fourth-order valence-electron chi connectivity index (χ4n) is 3.27. The average molecular weight is 471 g/mol. The van der Waals surface area contributed by atoms with Crippen molar-refractivity contribution >= 4 is 18.4 Å². The Bertz CT molecular complexity index is 887. The number of aryl methyl sites for hydroxylation is 1. The van der Waals surface area contributed by atoms with Gasteiger partial charge in [-0.05, 0) is 42.8 Å². The van der Waals surface area contributed by atoms with Crippen molar-refractivity contribution in [2.24, 2.45) is 0 Å². The fourth-order valence-corrected chi connectivity index (χ4v) is 5.40. The van der Waals surface area contributed by atoms with Gasteiger partial charge in [0.2, 0.25) is 0 Å². The van der Waals surface area contributed by atoms with Crippen molar-refractivity contribution in [3.05, 3.63) is 41.5 Å². The van der Waals surface area contributed by atoms with Crippen molar-refractivity contribution < 1.29 is 31.2 Å². The zero-order valence-electron chi connectivity index (χ0n) is 19.2. The molecule has 1 fully saturated rings. The van der Waals surface area contributed by atoms with Gasteiger partial charge in [0.25, 0.3) is 10.1 Å². The molecule has 3 atom stereocenters. The first-order valence-electron chi connectivity index (χ1n) is 10.6. The van der Waals surface area contributed by atoms with E-state index in [4.69, 9.17) is 22.8 Å². The Morgan fingerprint density at radius 2 is 1.77 bits per heavy atom. The SMILES string of the molecule is Cc1ccc(S(=O)(=O)OCCOCC2=C[C@H](O[Si](C)(C)C(C)(C)C)[C@@H]3OCO[C@H]23)cc1. The predicted octanol–water partition coefficient (Wildman–Crippen LogP) is 3.79.